The second-order valence-corrected chi connectivity index (χ2v) is 4.65. The number of carbonyl (C=O) groups is 1. The van der Waals surface area contributed by atoms with Gasteiger partial charge in [-0.15, -0.1) is 0 Å². The number of aliphatic hydroxyl groups excluding tert-OH is 1. The van der Waals surface area contributed by atoms with Crippen molar-refractivity contribution in [2.75, 3.05) is 19.3 Å². The van der Waals surface area contributed by atoms with Gasteiger partial charge >= 0.3 is 0 Å². The van der Waals surface area contributed by atoms with E-state index < -0.39 is 0 Å². The standard InChI is InChI=1S/C12H17N3O2/c1-15(7-8-4-10(16)5-8)12(17)11-3-2-9(13)6-14-11/h2-3,6,8,10,16H,4-5,7,13H2,1H3. The van der Waals surface area contributed by atoms with Crippen molar-refractivity contribution in [3.8, 4) is 0 Å². The van der Waals surface area contributed by atoms with Crippen molar-refractivity contribution in [1.82, 2.24) is 9.88 Å². The van der Waals surface area contributed by atoms with E-state index in [1.165, 1.54) is 6.20 Å². The molecule has 0 bridgehead atoms. The molecule has 0 spiro atoms. The summed E-state index contributed by atoms with van der Waals surface area (Å²) in [6.45, 7) is 0.669. The number of hydrogen-bond acceptors (Lipinski definition) is 4. The van der Waals surface area contributed by atoms with Gasteiger partial charge in [-0.3, -0.25) is 4.79 Å². The molecular formula is C12H17N3O2. The third-order valence-electron chi connectivity index (χ3n) is 3.10. The predicted molar refractivity (Wildman–Crippen MR) is 64.3 cm³/mol. The molecule has 1 amide bonds. The van der Waals surface area contributed by atoms with Crippen LogP contribution >= 0.6 is 0 Å². The van der Waals surface area contributed by atoms with Gasteiger partial charge in [0.15, 0.2) is 0 Å². The van der Waals surface area contributed by atoms with Gasteiger partial charge in [-0.25, -0.2) is 4.98 Å². The van der Waals surface area contributed by atoms with Crippen molar-refractivity contribution in [2.45, 2.75) is 18.9 Å². The number of nitrogens with zero attached hydrogens (tertiary/aromatic N) is 2. The van der Waals surface area contributed by atoms with Crippen molar-refractivity contribution >= 4 is 11.6 Å². The van der Waals surface area contributed by atoms with Crippen molar-refractivity contribution < 1.29 is 9.90 Å². The maximum atomic E-state index is 12.0. The molecular weight excluding hydrogens is 218 g/mol. The first-order valence-electron chi connectivity index (χ1n) is 5.71. The molecule has 1 saturated carbocycles. The minimum absolute atomic E-state index is 0.105. The second kappa shape index (κ2) is 4.71. The van der Waals surface area contributed by atoms with E-state index >= 15 is 0 Å². The van der Waals surface area contributed by atoms with E-state index in [1.807, 2.05) is 0 Å². The van der Waals surface area contributed by atoms with E-state index in [0.717, 1.165) is 12.8 Å². The lowest BCUT2D eigenvalue weighted by Crippen LogP contribution is -2.39. The summed E-state index contributed by atoms with van der Waals surface area (Å²) in [4.78, 5) is 17.6. The van der Waals surface area contributed by atoms with Crippen LogP contribution in [0.4, 0.5) is 5.69 Å². The first kappa shape index (κ1) is 11.9. The Balaban J connectivity index is 1.92. The van der Waals surface area contributed by atoms with Gasteiger partial charge in [0.05, 0.1) is 18.0 Å². The van der Waals surface area contributed by atoms with Crippen LogP contribution in [0.1, 0.15) is 23.3 Å². The third kappa shape index (κ3) is 2.74. The van der Waals surface area contributed by atoms with Crippen LogP contribution in [0.15, 0.2) is 18.3 Å². The van der Waals surface area contributed by atoms with Gasteiger partial charge in [0.1, 0.15) is 5.69 Å². The van der Waals surface area contributed by atoms with Gasteiger partial charge in [0, 0.05) is 13.6 Å². The molecule has 0 saturated heterocycles. The molecule has 92 valence electrons. The molecule has 1 fully saturated rings. The molecule has 1 aliphatic rings. The SMILES string of the molecule is CN(CC1CC(O)C1)C(=O)c1ccc(N)cn1. The molecule has 1 heterocycles. The van der Waals surface area contributed by atoms with Crippen molar-refractivity contribution in [2.24, 2.45) is 5.92 Å². The van der Waals surface area contributed by atoms with Gasteiger partial charge < -0.3 is 15.7 Å². The van der Waals surface area contributed by atoms with Crippen molar-refractivity contribution in [3.63, 3.8) is 0 Å². The third-order valence-corrected chi connectivity index (χ3v) is 3.10. The minimum atomic E-state index is -0.182. The first-order chi connectivity index (χ1) is 8.06. The number of nitrogens with two attached hydrogens (primary N) is 1. The lowest BCUT2D eigenvalue weighted by atomic mass is 9.82. The largest absolute Gasteiger partial charge is 0.397 e. The van der Waals surface area contributed by atoms with Gasteiger partial charge in [-0.05, 0) is 30.9 Å². The lowest BCUT2D eigenvalue weighted by Gasteiger charge is -2.34. The quantitative estimate of drug-likeness (QED) is 0.800. The van der Waals surface area contributed by atoms with Gasteiger partial charge in [-0.1, -0.05) is 0 Å². The molecule has 0 aromatic carbocycles. The second-order valence-electron chi connectivity index (χ2n) is 4.65. The molecule has 1 aromatic rings. The maximum absolute atomic E-state index is 12.0. The number of carbonyl (C=O) groups excluding carboxylic acids is 1. The van der Waals surface area contributed by atoms with Gasteiger partial charge in [-0.2, -0.15) is 0 Å². The number of anilines is 1. The number of hydrogen-bond donors (Lipinski definition) is 2. The number of rotatable bonds is 3. The monoisotopic (exact) mass is 235 g/mol. The first-order valence-corrected chi connectivity index (χ1v) is 5.71. The highest BCUT2D eigenvalue weighted by molar-refractivity contribution is 5.92. The Morgan fingerprint density at radius 1 is 1.59 bits per heavy atom. The summed E-state index contributed by atoms with van der Waals surface area (Å²) in [5, 5.41) is 9.19. The van der Waals surface area contributed by atoms with E-state index in [9.17, 15) is 9.90 Å². The number of nitrogen functional groups attached to an aromatic ring is 1. The van der Waals surface area contributed by atoms with E-state index in [2.05, 4.69) is 4.98 Å². The summed E-state index contributed by atoms with van der Waals surface area (Å²) in [6, 6.07) is 3.30. The maximum Gasteiger partial charge on any atom is 0.272 e. The lowest BCUT2D eigenvalue weighted by molar-refractivity contribution is 0.0264. The van der Waals surface area contributed by atoms with Crippen LogP contribution < -0.4 is 5.73 Å². The molecule has 5 nitrogen and oxygen atoms in total. The molecule has 0 atom stereocenters. The molecule has 1 aliphatic carbocycles. The van der Waals surface area contributed by atoms with E-state index in [4.69, 9.17) is 5.73 Å². The van der Waals surface area contributed by atoms with E-state index in [0.29, 0.717) is 23.8 Å². The van der Waals surface area contributed by atoms with Gasteiger partial charge in [0.2, 0.25) is 0 Å². The Kier molecular flexibility index (Phi) is 3.28. The molecule has 0 aliphatic heterocycles. The number of aliphatic hydroxyl groups is 1. The average molecular weight is 235 g/mol. The Morgan fingerprint density at radius 3 is 2.82 bits per heavy atom. The number of pyridine rings is 1. The molecule has 2 rings (SSSR count). The fourth-order valence-corrected chi connectivity index (χ4v) is 2.05. The predicted octanol–water partition coefficient (Wildman–Crippen LogP) is 0.507. The summed E-state index contributed by atoms with van der Waals surface area (Å²) in [7, 11) is 1.76. The zero-order valence-corrected chi connectivity index (χ0v) is 9.84. The average Bonchev–Trinajstić information content (AvgIpc) is 2.27. The molecule has 1 aromatic heterocycles. The van der Waals surface area contributed by atoms with E-state index in [1.54, 1.807) is 24.1 Å². The Bertz CT molecular complexity index is 399. The van der Waals surface area contributed by atoms with Gasteiger partial charge in [0.25, 0.3) is 5.91 Å². The zero-order valence-electron chi connectivity index (χ0n) is 9.84. The Hall–Kier alpha value is -1.62. The van der Waals surface area contributed by atoms with Crippen LogP contribution in [-0.2, 0) is 0 Å². The number of amides is 1. The van der Waals surface area contributed by atoms with Crippen LogP contribution in [0.5, 0.6) is 0 Å². The molecule has 5 heteroatoms. The zero-order chi connectivity index (χ0) is 12.4. The fraction of sp³-hybridized carbons (Fsp3) is 0.500. The molecule has 3 N–H and O–H groups in total. The molecule has 0 unspecified atom stereocenters. The topological polar surface area (TPSA) is 79.5 Å². The van der Waals surface area contributed by atoms with Crippen LogP contribution in [0.3, 0.4) is 0 Å². The summed E-state index contributed by atoms with van der Waals surface area (Å²) >= 11 is 0. The number of aromatic nitrogens is 1. The highest BCUT2D eigenvalue weighted by Gasteiger charge is 2.29. The smallest absolute Gasteiger partial charge is 0.272 e. The van der Waals surface area contributed by atoms with Crippen molar-refractivity contribution in [1.29, 1.82) is 0 Å². The Labute approximate surface area is 100 Å². The summed E-state index contributed by atoms with van der Waals surface area (Å²) in [5.41, 5.74) is 6.47. The molecule has 17 heavy (non-hydrogen) atoms. The Morgan fingerprint density at radius 2 is 2.29 bits per heavy atom. The minimum Gasteiger partial charge on any atom is -0.397 e. The summed E-state index contributed by atoms with van der Waals surface area (Å²) in [6.07, 6.45) is 2.87. The highest BCUT2D eigenvalue weighted by atomic mass is 16.3. The fourth-order valence-electron chi connectivity index (χ4n) is 2.05. The van der Waals surface area contributed by atoms with E-state index in [-0.39, 0.29) is 12.0 Å². The molecule has 0 radical (unpaired) electrons. The van der Waals surface area contributed by atoms with Crippen LogP contribution in [0.2, 0.25) is 0 Å². The highest BCUT2D eigenvalue weighted by Crippen LogP contribution is 2.27. The van der Waals surface area contributed by atoms with Crippen molar-refractivity contribution in [3.05, 3.63) is 24.0 Å². The van der Waals surface area contributed by atoms with Crippen LogP contribution in [0, 0.1) is 5.92 Å². The summed E-state index contributed by atoms with van der Waals surface area (Å²) in [5.74, 6) is 0.305. The summed E-state index contributed by atoms with van der Waals surface area (Å²) < 4.78 is 0. The van der Waals surface area contributed by atoms with Crippen LogP contribution in [0.25, 0.3) is 0 Å². The van der Waals surface area contributed by atoms with Crippen LogP contribution in [-0.4, -0.2) is 40.6 Å². The normalized spacial score (nSPS) is 22.9.